The van der Waals surface area contributed by atoms with Crippen LogP contribution in [0.5, 0.6) is 0 Å². The summed E-state index contributed by atoms with van der Waals surface area (Å²) in [5.41, 5.74) is 0.479. The van der Waals surface area contributed by atoms with Gasteiger partial charge in [-0.1, -0.05) is 13.0 Å². The smallest absolute Gasteiger partial charge is 0.369 e. The molecule has 0 aliphatic heterocycles. The summed E-state index contributed by atoms with van der Waals surface area (Å²) >= 11 is 0. The maximum absolute atomic E-state index is 13.2. The number of nitrogens with one attached hydrogen (secondary N) is 1. The van der Waals surface area contributed by atoms with Crippen LogP contribution < -0.4 is 10.2 Å². The van der Waals surface area contributed by atoms with Crippen LogP contribution in [0.1, 0.15) is 37.8 Å². The fraction of sp³-hybridized carbons (Fsp3) is 0.600. The summed E-state index contributed by atoms with van der Waals surface area (Å²) in [7, 11) is 0. The molecule has 0 unspecified atom stereocenters. The van der Waals surface area contributed by atoms with Crippen LogP contribution in [-0.2, 0) is 12.7 Å². The zero-order valence-corrected chi connectivity index (χ0v) is 11.9. The molecule has 1 saturated carbocycles. The Balaban J connectivity index is 2.32. The molecule has 0 bridgehead atoms. The highest BCUT2D eigenvalue weighted by Gasteiger charge is 2.35. The van der Waals surface area contributed by atoms with Crippen molar-refractivity contribution >= 4 is 5.69 Å². The molecule has 0 radical (unpaired) electrons. The Morgan fingerprint density at radius 3 is 2.45 bits per heavy atom. The summed E-state index contributed by atoms with van der Waals surface area (Å²) in [5, 5.41) is 2.96. The first-order chi connectivity index (χ1) is 9.47. The molecule has 1 aliphatic rings. The van der Waals surface area contributed by atoms with Crippen molar-refractivity contribution in [3.63, 3.8) is 0 Å². The molecule has 2 nitrogen and oxygen atoms in total. The number of benzene rings is 1. The van der Waals surface area contributed by atoms with E-state index in [1.54, 1.807) is 6.07 Å². The van der Waals surface area contributed by atoms with Gasteiger partial charge in [0.05, 0.1) is 5.56 Å². The van der Waals surface area contributed by atoms with Gasteiger partial charge in [0.1, 0.15) is 0 Å². The molecule has 2 rings (SSSR count). The van der Waals surface area contributed by atoms with E-state index in [0.717, 1.165) is 19.4 Å². The standard InChI is InChI=1S/C15H21F3N2/c1-3-19-10-11-5-6-13(9-14(11)15(16,17)18)20(4-2)12-7-8-12/h5-6,9,12,19H,3-4,7-8,10H2,1-2H3. The molecule has 0 amide bonds. The Kier molecular flexibility index (Phi) is 4.58. The molecule has 0 heterocycles. The van der Waals surface area contributed by atoms with E-state index in [1.165, 1.54) is 6.07 Å². The highest BCUT2D eigenvalue weighted by atomic mass is 19.4. The van der Waals surface area contributed by atoms with E-state index in [2.05, 4.69) is 10.2 Å². The van der Waals surface area contributed by atoms with Gasteiger partial charge in [0.2, 0.25) is 0 Å². The van der Waals surface area contributed by atoms with E-state index in [-0.39, 0.29) is 6.54 Å². The largest absolute Gasteiger partial charge is 0.416 e. The van der Waals surface area contributed by atoms with E-state index in [1.807, 2.05) is 19.9 Å². The van der Waals surface area contributed by atoms with Crippen LogP contribution >= 0.6 is 0 Å². The lowest BCUT2D eigenvalue weighted by Gasteiger charge is -2.25. The average Bonchev–Trinajstić information content (AvgIpc) is 3.21. The van der Waals surface area contributed by atoms with Gasteiger partial charge in [0.15, 0.2) is 0 Å². The molecule has 5 heteroatoms. The number of hydrogen-bond acceptors (Lipinski definition) is 2. The van der Waals surface area contributed by atoms with Gasteiger partial charge in [-0.2, -0.15) is 13.2 Å². The van der Waals surface area contributed by atoms with Gasteiger partial charge < -0.3 is 10.2 Å². The fourth-order valence-corrected chi connectivity index (χ4v) is 2.46. The summed E-state index contributed by atoms with van der Waals surface area (Å²) in [6, 6.07) is 5.13. The Morgan fingerprint density at radius 2 is 1.95 bits per heavy atom. The normalized spacial score (nSPS) is 15.4. The minimum absolute atomic E-state index is 0.251. The second kappa shape index (κ2) is 6.04. The third-order valence-corrected chi connectivity index (χ3v) is 3.62. The van der Waals surface area contributed by atoms with Crippen molar-refractivity contribution in [2.45, 2.75) is 45.5 Å². The van der Waals surface area contributed by atoms with Crippen LogP contribution in [0.25, 0.3) is 0 Å². The molecule has 0 saturated heterocycles. The van der Waals surface area contributed by atoms with Crippen molar-refractivity contribution in [2.24, 2.45) is 0 Å². The molecule has 0 atom stereocenters. The zero-order chi connectivity index (χ0) is 14.8. The van der Waals surface area contributed by atoms with Crippen LogP contribution in [-0.4, -0.2) is 19.1 Å². The van der Waals surface area contributed by atoms with Crippen molar-refractivity contribution in [1.82, 2.24) is 5.32 Å². The molecule has 0 spiro atoms. The summed E-state index contributed by atoms with van der Waals surface area (Å²) in [4.78, 5) is 2.06. The van der Waals surface area contributed by atoms with Gasteiger partial charge in [-0.05, 0) is 44.0 Å². The molecule has 112 valence electrons. The average molecular weight is 286 g/mol. The quantitative estimate of drug-likeness (QED) is 0.855. The maximum atomic E-state index is 13.2. The Bertz CT molecular complexity index is 453. The SMILES string of the molecule is CCNCc1ccc(N(CC)C2CC2)cc1C(F)(F)F. The fourth-order valence-electron chi connectivity index (χ4n) is 2.46. The highest BCUT2D eigenvalue weighted by Crippen LogP contribution is 2.37. The molecule has 1 aromatic rings. The predicted octanol–water partition coefficient (Wildman–Crippen LogP) is 3.80. The molecule has 1 fully saturated rings. The van der Waals surface area contributed by atoms with Crippen molar-refractivity contribution in [3.05, 3.63) is 29.3 Å². The maximum Gasteiger partial charge on any atom is 0.416 e. The third-order valence-electron chi connectivity index (χ3n) is 3.62. The Hall–Kier alpha value is -1.23. The number of nitrogens with zero attached hydrogens (tertiary/aromatic N) is 1. The van der Waals surface area contributed by atoms with Crippen molar-refractivity contribution < 1.29 is 13.2 Å². The lowest BCUT2D eigenvalue weighted by molar-refractivity contribution is -0.138. The number of hydrogen-bond donors (Lipinski definition) is 1. The van der Waals surface area contributed by atoms with Gasteiger partial charge >= 0.3 is 6.18 Å². The number of alkyl halides is 3. The summed E-state index contributed by atoms with van der Waals surface area (Å²) in [6.07, 6.45) is -2.15. The number of halogens is 3. The van der Waals surface area contributed by atoms with Crippen molar-refractivity contribution in [3.8, 4) is 0 Å². The van der Waals surface area contributed by atoms with E-state index >= 15 is 0 Å². The van der Waals surface area contributed by atoms with Gasteiger partial charge in [0.25, 0.3) is 0 Å². The summed E-state index contributed by atoms with van der Waals surface area (Å²) in [5.74, 6) is 0. The minimum Gasteiger partial charge on any atom is -0.369 e. The van der Waals surface area contributed by atoms with Crippen LogP contribution in [0, 0.1) is 0 Å². The predicted molar refractivity (Wildman–Crippen MR) is 74.9 cm³/mol. The van der Waals surface area contributed by atoms with Gasteiger partial charge in [-0.3, -0.25) is 0 Å². The van der Waals surface area contributed by atoms with E-state index in [9.17, 15) is 13.2 Å². The van der Waals surface area contributed by atoms with E-state index < -0.39 is 11.7 Å². The Labute approximate surface area is 118 Å². The van der Waals surface area contributed by atoms with Crippen LogP contribution in [0.3, 0.4) is 0 Å². The van der Waals surface area contributed by atoms with Gasteiger partial charge in [-0.25, -0.2) is 0 Å². The molecular weight excluding hydrogens is 265 g/mol. The lowest BCUT2D eigenvalue weighted by atomic mass is 10.1. The first kappa shape index (κ1) is 15.2. The third kappa shape index (κ3) is 3.45. The molecule has 20 heavy (non-hydrogen) atoms. The summed E-state index contributed by atoms with van der Waals surface area (Å²) in [6.45, 7) is 5.52. The molecule has 0 aromatic heterocycles. The minimum atomic E-state index is -4.30. The van der Waals surface area contributed by atoms with Gasteiger partial charge in [-0.15, -0.1) is 0 Å². The first-order valence-corrected chi connectivity index (χ1v) is 7.14. The molecule has 1 aliphatic carbocycles. The zero-order valence-electron chi connectivity index (χ0n) is 11.9. The monoisotopic (exact) mass is 286 g/mol. The molecule has 1 N–H and O–H groups in total. The number of rotatable bonds is 6. The second-order valence-corrected chi connectivity index (χ2v) is 5.14. The Morgan fingerprint density at radius 1 is 1.25 bits per heavy atom. The van der Waals surface area contributed by atoms with Crippen molar-refractivity contribution in [2.75, 3.05) is 18.0 Å². The first-order valence-electron chi connectivity index (χ1n) is 7.14. The second-order valence-electron chi connectivity index (χ2n) is 5.14. The van der Waals surface area contributed by atoms with E-state index in [4.69, 9.17) is 0 Å². The number of anilines is 1. The van der Waals surface area contributed by atoms with Crippen LogP contribution in [0.15, 0.2) is 18.2 Å². The topological polar surface area (TPSA) is 15.3 Å². The van der Waals surface area contributed by atoms with Crippen molar-refractivity contribution in [1.29, 1.82) is 0 Å². The summed E-state index contributed by atoms with van der Waals surface area (Å²) < 4.78 is 39.6. The van der Waals surface area contributed by atoms with E-state index in [0.29, 0.717) is 23.8 Å². The highest BCUT2D eigenvalue weighted by molar-refractivity contribution is 5.53. The van der Waals surface area contributed by atoms with Crippen LogP contribution in [0.4, 0.5) is 18.9 Å². The van der Waals surface area contributed by atoms with Gasteiger partial charge in [0, 0.05) is 24.8 Å². The lowest BCUT2D eigenvalue weighted by Crippen LogP contribution is -2.26. The van der Waals surface area contributed by atoms with Crippen LogP contribution in [0.2, 0.25) is 0 Å². The molecular formula is C15H21F3N2. The molecule has 1 aromatic carbocycles.